The molecule has 2 nitrogen and oxygen atoms in total. The van der Waals surface area contributed by atoms with E-state index in [0.29, 0.717) is 5.92 Å². The molecule has 1 aliphatic carbocycles. The van der Waals surface area contributed by atoms with Gasteiger partial charge in [-0.05, 0) is 42.9 Å². The van der Waals surface area contributed by atoms with Crippen molar-refractivity contribution in [2.45, 2.75) is 38.6 Å². The molecule has 0 amide bonds. The first-order chi connectivity index (χ1) is 8.65. The molecule has 1 aromatic carbocycles. The standard InChI is InChI=1S/C15H22ClNO/c1-3-10-4-5-11(8-10)15(17)13-9-12(16)6-7-14(13)18-2/h6-7,9-11,15H,3-5,8,17H2,1-2H3. The van der Waals surface area contributed by atoms with Gasteiger partial charge in [0, 0.05) is 16.6 Å². The Morgan fingerprint density at radius 1 is 1.44 bits per heavy atom. The number of halogens is 1. The van der Waals surface area contributed by atoms with Crippen LogP contribution in [0.25, 0.3) is 0 Å². The largest absolute Gasteiger partial charge is 0.496 e. The van der Waals surface area contributed by atoms with Crippen molar-refractivity contribution in [3.05, 3.63) is 28.8 Å². The minimum Gasteiger partial charge on any atom is -0.496 e. The zero-order valence-corrected chi connectivity index (χ0v) is 11.9. The van der Waals surface area contributed by atoms with Crippen molar-refractivity contribution in [1.82, 2.24) is 0 Å². The highest BCUT2D eigenvalue weighted by molar-refractivity contribution is 6.30. The van der Waals surface area contributed by atoms with Crippen LogP contribution in [0.5, 0.6) is 5.75 Å². The third-order valence-corrected chi connectivity index (χ3v) is 4.45. The fourth-order valence-electron chi connectivity index (χ4n) is 3.03. The van der Waals surface area contributed by atoms with Crippen molar-refractivity contribution in [3.63, 3.8) is 0 Å². The van der Waals surface area contributed by atoms with E-state index in [1.165, 1.54) is 25.7 Å². The Bertz CT molecular complexity index is 407. The molecular formula is C15H22ClNO. The molecule has 0 bridgehead atoms. The third kappa shape index (κ3) is 2.81. The summed E-state index contributed by atoms with van der Waals surface area (Å²) >= 11 is 6.07. The molecule has 1 saturated carbocycles. The predicted molar refractivity (Wildman–Crippen MR) is 76.1 cm³/mol. The SMILES string of the molecule is CCC1CCC(C(N)c2cc(Cl)ccc2OC)C1. The van der Waals surface area contributed by atoms with Crippen LogP contribution in [-0.4, -0.2) is 7.11 Å². The van der Waals surface area contributed by atoms with E-state index in [4.69, 9.17) is 22.1 Å². The van der Waals surface area contributed by atoms with Gasteiger partial charge in [-0.15, -0.1) is 0 Å². The summed E-state index contributed by atoms with van der Waals surface area (Å²) in [6, 6.07) is 5.74. The second-order valence-electron chi connectivity index (χ2n) is 5.26. The van der Waals surface area contributed by atoms with Gasteiger partial charge < -0.3 is 10.5 Å². The third-order valence-electron chi connectivity index (χ3n) is 4.22. The Morgan fingerprint density at radius 3 is 2.83 bits per heavy atom. The van der Waals surface area contributed by atoms with Gasteiger partial charge in [-0.25, -0.2) is 0 Å². The molecule has 0 aromatic heterocycles. The van der Waals surface area contributed by atoms with Gasteiger partial charge in [-0.2, -0.15) is 0 Å². The predicted octanol–water partition coefficient (Wildman–Crippen LogP) is 4.17. The smallest absolute Gasteiger partial charge is 0.123 e. The Morgan fingerprint density at radius 2 is 2.22 bits per heavy atom. The van der Waals surface area contributed by atoms with Crippen LogP contribution < -0.4 is 10.5 Å². The normalized spacial score (nSPS) is 25.1. The summed E-state index contributed by atoms with van der Waals surface area (Å²) in [5.41, 5.74) is 7.47. The molecular weight excluding hydrogens is 246 g/mol. The Kier molecular flexibility index (Phi) is 4.52. The van der Waals surface area contributed by atoms with Gasteiger partial charge >= 0.3 is 0 Å². The highest BCUT2D eigenvalue weighted by Gasteiger charge is 2.30. The van der Waals surface area contributed by atoms with Gasteiger partial charge in [-0.3, -0.25) is 0 Å². The zero-order valence-electron chi connectivity index (χ0n) is 11.2. The fourth-order valence-corrected chi connectivity index (χ4v) is 3.21. The molecule has 0 spiro atoms. The van der Waals surface area contributed by atoms with E-state index in [2.05, 4.69) is 6.92 Å². The zero-order chi connectivity index (χ0) is 13.1. The summed E-state index contributed by atoms with van der Waals surface area (Å²) in [4.78, 5) is 0. The van der Waals surface area contributed by atoms with Crippen molar-refractivity contribution in [2.75, 3.05) is 7.11 Å². The monoisotopic (exact) mass is 267 g/mol. The molecule has 0 heterocycles. The minimum atomic E-state index is 0.0372. The lowest BCUT2D eigenvalue weighted by molar-refractivity contribution is 0.378. The Labute approximate surface area is 114 Å². The second kappa shape index (κ2) is 5.94. The maximum atomic E-state index is 6.42. The number of hydrogen-bond donors (Lipinski definition) is 1. The number of rotatable bonds is 4. The van der Waals surface area contributed by atoms with E-state index in [-0.39, 0.29) is 6.04 Å². The van der Waals surface area contributed by atoms with Gasteiger partial charge in [0.1, 0.15) is 5.75 Å². The van der Waals surface area contributed by atoms with Crippen molar-refractivity contribution in [1.29, 1.82) is 0 Å². The summed E-state index contributed by atoms with van der Waals surface area (Å²) in [6.07, 6.45) is 5.01. The van der Waals surface area contributed by atoms with Gasteiger partial charge in [0.05, 0.1) is 7.11 Å². The van der Waals surface area contributed by atoms with Crippen LogP contribution in [0.4, 0.5) is 0 Å². The summed E-state index contributed by atoms with van der Waals surface area (Å²) in [6.45, 7) is 2.26. The molecule has 2 N–H and O–H groups in total. The first kappa shape index (κ1) is 13.7. The lowest BCUT2D eigenvalue weighted by Crippen LogP contribution is -2.20. The molecule has 0 aliphatic heterocycles. The first-order valence-electron chi connectivity index (χ1n) is 6.74. The molecule has 1 aliphatic rings. The Balaban J connectivity index is 2.18. The van der Waals surface area contributed by atoms with Crippen LogP contribution in [-0.2, 0) is 0 Å². The molecule has 0 radical (unpaired) electrons. The van der Waals surface area contributed by atoms with E-state index in [9.17, 15) is 0 Å². The molecule has 0 saturated heterocycles. The molecule has 2 rings (SSSR count). The van der Waals surface area contributed by atoms with Gasteiger partial charge in [-0.1, -0.05) is 31.4 Å². The van der Waals surface area contributed by atoms with Crippen molar-refractivity contribution in [2.24, 2.45) is 17.6 Å². The number of nitrogens with two attached hydrogens (primary N) is 1. The summed E-state index contributed by atoms with van der Waals surface area (Å²) in [5.74, 6) is 2.25. The topological polar surface area (TPSA) is 35.2 Å². The van der Waals surface area contributed by atoms with Crippen molar-refractivity contribution < 1.29 is 4.74 Å². The highest BCUT2D eigenvalue weighted by Crippen LogP contribution is 2.41. The average molecular weight is 268 g/mol. The van der Waals surface area contributed by atoms with E-state index in [0.717, 1.165) is 22.3 Å². The quantitative estimate of drug-likeness (QED) is 0.888. The van der Waals surface area contributed by atoms with Crippen LogP contribution in [0.2, 0.25) is 5.02 Å². The van der Waals surface area contributed by atoms with Crippen molar-refractivity contribution in [3.8, 4) is 5.75 Å². The lowest BCUT2D eigenvalue weighted by atomic mass is 9.90. The van der Waals surface area contributed by atoms with Gasteiger partial charge in [0.2, 0.25) is 0 Å². The maximum Gasteiger partial charge on any atom is 0.123 e. The highest BCUT2D eigenvalue weighted by atomic mass is 35.5. The number of ether oxygens (including phenoxy) is 1. The summed E-state index contributed by atoms with van der Waals surface area (Å²) < 4.78 is 5.40. The molecule has 18 heavy (non-hydrogen) atoms. The van der Waals surface area contributed by atoms with E-state index >= 15 is 0 Å². The van der Waals surface area contributed by atoms with E-state index in [1.807, 2.05) is 18.2 Å². The van der Waals surface area contributed by atoms with Crippen LogP contribution in [0.1, 0.15) is 44.2 Å². The van der Waals surface area contributed by atoms with Gasteiger partial charge in [0.25, 0.3) is 0 Å². The Hall–Kier alpha value is -0.730. The molecule has 100 valence electrons. The summed E-state index contributed by atoms with van der Waals surface area (Å²) in [7, 11) is 1.68. The first-order valence-corrected chi connectivity index (χ1v) is 7.12. The van der Waals surface area contributed by atoms with E-state index < -0.39 is 0 Å². The molecule has 1 aromatic rings. The lowest BCUT2D eigenvalue weighted by Gasteiger charge is -2.22. The number of benzene rings is 1. The number of methoxy groups -OCH3 is 1. The summed E-state index contributed by atoms with van der Waals surface area (Å²) in [5, 5.41) is 0.728. The second-order valence-corrected chi connectivity index (χ2v) is 5.70. The maximum absolute atomic E-state index is 6.42. The molecule has 3 heteroatoms. The van der Waals surface area contributed by atoms with Crippen LogP contribution >= 0.6 is 11.6 Å². The molecule has 3 unspecified atom stereocenters. The van der Waals surface area contributed by atoms with E-state index in [1.54, 1.807) is 7.11 Å². The average Bonchev–Trinajstić information content (AvgIpc) is 2.86. The molecule has 3 atom stereocenters. The van der Waals surface area contributed by atoms with Crippen LogP contribution in [0, 0.1) is 11.8 Å². The molecule has 1 fully saturated rings. The van der Waals surface area contributed by atoms with Crippen molar-refractivity contribution >= 4 is 11.6 Å². The minimum absolute atomic E-state index is 0.0372. The van der Waals surface area contributed by atoms with Gasteiger partial charge in [0.15, 0.2) is 0 Å². The number of hydrogen-bond acceptors (Lipinski definition) is 2. The van der Waals surface area contributed by atoms with Crippen LogP contribution in [0.3, 0.4) is 0 Å². The fraction of sp³-hybridized carbons (Fsp3) is 0.600. The van der Waals surface area contributed by atoms with Crippen LogP contribution in [0.15, 0.2) is 18.2 Å².